The molecule has 1 atom stereocenters. The Balaban J connectivity index is 1.75. The van der Waals surface area contributed by atoms with E-state index in [1.54, 1.807) is 30.5 Å². The molecule has 0 spiro atoms. The van der Waals surface area contributed by atoms with Crippen molar-refractivity contribution in [2.45, 2.75) is 12.5 Å². The lowest BCUT2D eigenvalue weighted by molar-refractivity contribution is 0.0710. The van der Waals surface area contributed by atoms with Crippen LogP contribution in [0.3, 0.4) is 0 Å². The van der Waals surface area contributed by atoms with Crippen molar-refractivity contribution in [3.63, 3.8) is 0 Å². The smallest absolute Gasteiger partial charge is 0.276 e. The van der Waals surface area contributed by atoms with E-state index in [1.165, 1.54) is 11.2 Å². The molecular weight excluding hydrogens is 326 g/mol. The molecule has 0 radical (unpaired) electrons. The van der Waals surface area contributed by atoms with Gasteiger partial charge in [-0.2, -0.15) is 5.10 Å². The fourth-order valence-electron chi connectivity index (χ4n) is 3.13. The minimum absolute atomic E-state index is 0.161. The first-order valence-electron chi connectivity index (χ1n) is 8.38. The number of aromatic nitrogens is 1. The van der Waals surface area contributed by atoms with Gasteiger partial charge in [-0.15, -0.1) is 0 Å². The fourth-order valence-corrected chi connectivity index (χ4v) is 3.13. The Hall–Kier alpha value is -3.47. The van der Waals surface area contributed by atoms with Gasteiger partial charge in [0.25, 0.3) is 5.91 Å². The van der Waals surface area contributed by atoms with E-state index in [9.17, 15) is 9.90 Å². The molecule has 1 amide bonds. The molecule has 2 heterocycles. The van der Waals surface area contributed by atoms with Gasteiger partial charge in [0.2, 0.25) is 0 Å². The summed E-state index contributed by atoms with van der Waals surface area (Å²) in [4.78, 5) is 17.0. The second-order valence-corrected chi connectivity index (χ2v) is 6.09. The van der Waals surface area contributed by atoms with Gasteiger partial charge >= 0.3 is 0 Å². The lowest BCUT2D eigenvalue weighted by atomic mass is 9.98. The van der Waals surface area contributed by atoms with Crippen LogP contribution >= 0.6 is 0 Å². The Bertz CT molecular complexity index is 955. The number of carbonyl (C=O) groups is 1. The van der Waals surface area contributed by atoms with E-state index >= 15 is 0 Å². The number of carbonyl (C=O) groups excluding carboxylic acids is 1. The molecule has 26 heavy (non-hydrogen) atoms. The number of amides is 1. The van der Waals surface area contributed by atoms with Crippen LogP contribution in [0.1, 0.15) is 33.9 Å². The molecule has 0 aliphatic carbocycles. The van der Waals surface area contributed by atoms with Crippen molar-refractivity contribution in [3.05, 3.63) is 95.8 Å². The summed E-state index contributed by atoms with van der Waals surface area (Å²) in [7, 11) is 0. The Labute approximate surface area is 151 Å². The highest BCUT2D eigenvalue weighted by Gasteiger charge is 2.34. The molecule has 0 unspecified atom stereocenters. The number of para-hydroxylation sites is 1. The first kappa shape index (κ1) is 16.0. The van der Waals surface area contributed by atoms with E-state index in [0.717, 1.165) is 5.56 Å². The molecule has 1 aliphatic rings. The van der Waals surface area contributed by atoms with E-state index < -0.39 is 0 Å². The molecule has 0 bridgehead atoms. The van der Waals surface area contributed by atoms with Crippen LogP contribution in [0.15, 0.2) is 84.2 Å². The zero-order valence-electron chi connectivity index (χ0n) is 14.0. The molecule has 0 fully saturated rings. The fraction of sp³-hybridized carbons (Fsp3) is 0.0952. The molecule has 1 aliphatic heterocycles. The quantitative estimate of drug-likeness (QED) is 0.787. The summed E-state index contributed by atoms with van der Waals surface area (Å²) in [5, 5.41) is 16.2. The van der Waals surface area contributed by atoms with Crippen LogP contribution in [0.4, 0.5) is 0 Å². The summed E-state index contributed by atoms with van der Waals surface area (Å²) in [5.41, 5.74) is 2.82. The summed E-state index contributed by atoms with van der Waals surface area (Å²) in [6.45, 7) is 0. The Morgan fingerprint density at radius 2 is 1.77 bits per heavy atom. The molecule has 3 aromatic rings. The molecule has 5 heteroatoms. The molecule has 2 aromatic carbocycles. The number of phenols is 1. The number of aromatic hydroxyl groups is 1. The van der Waals surface area contributed by atoms with E-state index in [2.05, 4.69) is 10.1 Å². The summed E-state index contributed by atoms with van der Waals surface area (Å²) >= 11 is 0. The minimum Gasteiger partial charge on any atom is -0.507 e. The van der Waals surface area contributed by atoms with Gasteiger partial charge in [0.15, 0.2) is 0 Å². The largest absolute Gasteiger partial charge is 0.507 e. The normalized spacial score (nSPS) is 16.4. The number of hydrogen-bond donors (Lipinski definition) is 1. The maximum absolute atomic E-state index is 13.0. The maximum Gasteiger partial charge on any atom is 0.276 e. The topological polar surface area (TPSA) is 65.8 Å². The van der Waals surface area contributed by atoms with Crippen LogP contribution < -0.4 is 0 Å². The van der Waals surface area contributed by atoms with Gasteiger partial charge in [0.1, 0.15) is 5.75 Å². The summed E-state index contributed by atoms with van der Waals surface area (Å²) in [5.74, 6) is -0.0499. The Kier molecular flexibility index (Phi) is 4.19. The number of hydrazone groups is 1. The van der Waals surface area contributed by atoms with Crippen molar-refractivity contribution in [1.29, 1.82) is 0 Å². The molecule has 0 saturated carbocycles. The standard InChI is InChI=1S/C21H17N3O2/c25-20-11-5-4-10-17(20)18-13-19(15-7-2-1-3-8-15)24(23-18)21(26)16-9-6-12-22-14-16/h1-12,14,19,25H,13H2/t19-/m1/s1. The van der Waals surface area contributed by atoms with Crippen LogP contribution in [-0.4, -0.2) is 26.7 Å². The lowest BCUT2D eigenvalue weighted by Crippen LogP contribution is -2.27. The molecule has 5 nitrogen and oxygen atoms in total. The van der Waals surface area contributed by atoms with Crippen molar-refractivity contribution in [1.82, 2.24) is 9.99 Å². The van der Waals surface area contributed by atoms with Gasteiger partial charge in [-0.1, -0.05) is 42.5 Å². The Morgan fingerprint density at radius 3 is 2.50 bits per heavy atom. The van der Waals surface area contributed by atoms with Crippen LogP contribution in [0, 0.1) is 0 Å². The highest BCUT2D eigenvalue weighted by Crippen LogP contribution is 2.35. The average Bonchev–Trinajstić information content (AvgIpc) is 3.14. The predicted octanol–water partition coefficient (Wildman–Crippen LogP) is 3.78. The van der Waals surface area contributed by atoms with E-state index in [1.807, 2.05) is 42.5 Å². The summed E-state index contributed by atoms with van der Waals surface area (Å²) in [6, 6.07) is 20.1. The second kappa shape index (κ2) is 6.80. The van der Waals surface area contributed by atoms with Crippen molar-refractivity contribution in [2.24, 2.45) is 5.10 Å². The van der Waals surface area contributed by atoms with Crippen LogP contribution in [-0.2, 0) is 0 Å². The molecule has 0 saturated heterocycles. The summed E-state index contributed by atoms with van der Waals surface area (Å²) < 4.78 is 0. The van der Waals surface area contributed by atoms with Gasteiger partial charge in [-0.05, 0) is 29.8 Å². The molecule has 128 valence electrons. The minimum atomic E-state index is -0.224. The monoisotopic (exact) mass is 343 g/mol. The SMILES string of the molecule is O=C(c1cccnc1)N1N=C(c2ccccc2O)C[C@@H]1c1ccccc1. The van der Waals surface area contributed by atoms with Crippen LogP contribution in [0.25, 0.3) is 0 Å². The second-order valence-electron chi connectivity index (χ2n) is 6.09. The highest BCUT2D eigenvalue weighted by molar-refractivity contribution is 6.06. The van der Waals surface area contributed by atoms with Crippen LogP contribution in [0.2, 0.25) is 0 Å². The van der Waals surface area contributed by atoms with Crippen molar-refractivity contribution >= 4 is 11.6 Å². The van der Waals surface area contributed by atoms with Gasteiger partial charge in [0.05, 0.1) is 17.3 Å². The number of pyridine rings is 1. The third-order valence-electron chi connectivity index (χ3n) is 4.43. The summed E-state index contributed by atoms with van der Waals surface area (Å²) in [6.07, 6.45) is 3.71. The molecule has 1 N–H and O–H groups in total. The highest BCUT2D eigenvalue weighted by atomic mass is 16.3. The van der Waals surface area contributed by atoms with Crippen molar-refractivity contribution in [3.8, 4) is 5.75 Å². The first-order chi connectivity index (χ1) is 12.7. The van der Waals surface area contributed by atoms with Gasteiger partial charge in [-0.25, -0.2) is 5.01 Å². The van der Waals surface area contributed by atoms with Gasteiger partial charge in [0, 0.05) is 24.4 Å². The molecular formula is C21H17N3O2. The first-order valence-corrected chi connectivity index (χ1v) is 8.38. The molecule has 1 aromatic heterocycles. The Morgan fingerprint density at radius 1 is 1.00 bits per heavy atom. The number of benzene rings is 2. The van der Waals surface area contributed by atoms with Crippen molar-refractivity contribution in [2.75, 3.05) is 0 Å². The zero-order chi connectivity index (χ0) is 17.9. The predicted molar refractivity (Wildman–Crippen MR) is 98.9 cm³/mol. The van der Waals surface area contributed by atoms with E-state index in [4.69, 9.17) is 0 Å². The average molecular weight is 343 g/mol. The third kappa shape index (κ3) is 2.95. The molecule has 4 rings (SSSR count). The van der Waals surface area contributed by atoms with E-state index in [-0.39, 0.29) is 17.7 Å². The number of phenolic OH excluding ortho intramolecular Hbond substituents is 1. The van der Waals surface area contributed by atoms with Gasteiger partial charge in [-0.3, -0.25) is 9.78 Å². The van der Waals surface area contributed by atoms with Gasteiger partial charge < -0.3 is 5.11 Å². The number of nitrogens with zero attached hydrogens (tertiary/aromatic N) is 3. The number of rotatable bonds is 3. The lowest BCUT2D eigenvalue weighted by Gasteiger charge is -2.21. The zero-order valence-corrected chi connectivity index (χ0v) is 14.0. The van der Waals surface area contributed by atoms with Crippen molar-refractivity contribution < 1.29 is 9.90 Å². The third-order valence-corrected chi connectivity index (χ3v) is 4.43. The maximum atomic E-state index is 13.0. The van der Waals surface area contributed by atoms with E-state index in [0.29, 0.717) is 23.3 Å². The van der Waals surface area contributed by atoms with Crippen LogP contribution in [0.5, 0.6) is 5.75 Å². The number of hydrogen-bond acceptors (Lipinski definition) is 4.